The Balaban J connectivity index is 1.59. The van der Waals surface area contributed by atoms with Crippen molar-refractivity contribution in [2.75, 3.05) is 13.7 Å². The molecule has 0 radical (unpaired) electrons. The summed E-state index contributed by atoms with van der Waals surface area (Å²) in [4.78, 5) is 42.0. The minimum atomic E-state index is -1.12. The minimum absolute atomic E-state index is 0.149. The Hall–Kier alpha value is -3.55. The van der Waals surface area contributed by atoms with Crippen LogP contribution in [0.15, 0.2) is 48.5 Å². The lowest BCUT2D eigenvalue weighted by Gasteiger charge is -2.29. The van der Waals surface area contributed by atoms with Gasteiger partial charge >= 0.3 is 12.0 Å². The average molecular weight is 539 g/mol. The van der Waals surface area contributed by atoms with E-state index in [2.05, 4.69) is 0 Å². The highest BCUT2D eigenvalue weighted by molar-refractivity contribution is 6.04. The molecule has 1 atom stereocenters. The lowest BCUT2D eigenvalue weighted by atomic mass is 10.0. The number of benzene rings is 2. The van der Waals surface area contributed by atoms with Crippen molar-refractivity contribution in [2.24, 2.45) is 0 Å². The summed E-state index contributed by atoms with van der Waals surface area (Å²) >= 11 is 0. The molecule has 8 nitrogen and oxygen atoms in total. The van der Waals surface area contributed by atoms with E-state index >= 15 is 0 Å². The van der Waals surface area contributed by atoms with Gasteiger partial charge in [-0.15, -0.1) is 0 Å². The molecule has 1 saturated heterocycles. The maximum absolute atomic E-state index is 13.3. The van der Waals surface area contributed by atoms with Crippen LogP contribution in [0.3, 0.4) is 0 Å². The molecule has 0 saturated carbocycles. The molecule has 0 N–H and O–H groups in total. The molecule has 1 unspecified atom stereocenters. The molecule has 1 aliphatic rings. The standard InChI is InChI=1S/C31H42N2O6/c1-8-19-32-26(27(34)33(29(32)36)21-23-12-9-13-25(20-23)37-7)14-10-11-22-15-17-24(18-16-22)38-31(5,6)28(35)39-30(2,3)4/h9,12-13,15-18,20,26H,8,10-11,14,19,21H2,1-7H3. The van der Waals surface area contributed by atoms with E-state index in [9.17, 15) is 14.4 Å². The highest BCUT2D eigenvalue weighted by Gasteiger charge is 2.44. The second kappa shape index (κ2) is 12.5. The van der Waals surface area contributed by atoms with Crippen LogP contribution in [0.25, 0.3) is 0 Å². The quantitative estimate of drug-likeness (QED) is 0.252. The van der Waals surface area contributed by atoms with Gasteiger partial charge in [0.05, 0.1) is 13.7 Å². The Labute approximate surface area is 232 Å². The van der Waals surface area contributed by atoms with Gasteiger partial charge in [0, 0.05) is 6.54 Å². The van der Waals surface area contributed by atoms with E-state index < -0.39 is 23.2 Å². The molecule has 1 aliphatic heterocycles. The Morgan fingerprint density at radius 2 is 1.64 bits per heavy atom. The molecular formula is C31H42N2O6. The van der Waals surface area contributed by atoms with Gasteiger partial charge in [0.25, 0.3) is 5.91 Å². The molecule has 8 heteroatoms. The van der Waals surface area contributed by atoms with E-state index in [0.717, 1.165) is 30.4 Å². The van der Waals surface area contributed by atoms with Crippen LogP contribution in [0.1, 0.15) is 71.9 Å². The molecule has 212 valence electrons. The van der Waals surface area contributed by atoms with E-state index in [1.54, 1.807) is 25.9 Å². The summed E-state index contributed by atoms with van der Waals surface area (Å²) in [5.41, 5.74) is 0.227. The van der Waals surface area contributed by atoms with E-state index in [4.69, 9.17) is 14.2 Å². The molecule has 0 spiro atoms. The molecule has 3 amide bonds. The van der Waals surface area contributed by atoms with Crippen molar-refractivity contribution in [3.63, 3.8) is 0 Å². The summed E-state index contributed by atoms with van der Waals surface area (Å²) in [5.74, 6) is 0.697. The van der Waals surface area contributed by atoms with Crippen molar-refractivity contribution in [1.82, 2.24) is 9.80 Å². The number of esters is 1. The Kier molecular flexibility index (Phi) is 9.64. The van der Waals surface area contributed by atoms with Gasteiger partial charge in [-0.1, -0.05) is 31.2 Å². The molecule has 0 aliphatic carbocycles. The van der Waals surface area contributed by atoms with Crippen LogP contribution in [0.2, 0.25) is 0 Å². The predicted molar refractivity (Wildman–Crippen MR) is 150 cm³/mol. The second-order valence-corrected chi connectivity index (χ2v) is 11.4. The fourth-order valence-corrected chi connectivity index (χ4v) is 4.53. The zero-order valence-corrected chi connectivity index (χ0v) is 24.3. The maximum atomic E-state index is 13.3. The molecule has 39 heavy (non-hydrogen) atoms. The van der Waals surface area contributed by atoms with Crippen molar-refractivity contribution >= 4 is 17.9 Å². The average Bonchev–Trinajstić information content (AvgIpc) is 3.08. The number of rotatable bonds is 12. The number of hydrogen-bond donors (Lipinski definition) is 0. The van der Waals surface area contributed by atoms with Crippen molar-refractivity contribution in [1.29, 1.82) is 0 Å². The molecule has 2 aromatic carbocycles. The number of urea groups is 1. The molecule has 2 aromatic rings. The number of nitrogens with zero attached hydrogens (tertiary/aromatic N) is 2. The van der Waals surface area contributed by atoms with Crippen LogP contribution in [0, 0.1) is 0 Å². The second-order valence-electron chi connectivity index (χ2n) is 11.4. The topological polar surface area (TPSA) is 85.4 Å². The van der Waals surface area contributed by atoms with Gasteiger partial charge in [-0.05, 0) is 95.7 Å². The monoisotopic (exact) mass is 538 g/mol. The predicted octanol–water partition coefficient (Wildman–Crippen LogP) is 5.76. The van der Waals surface area contributed by atoms with Crippen molar-refractivity contribution in [3.8, 4) is 11.5 Å². The lowest BCUT2D eigenvalue weighted by Crippen LogP contribution is -2.43. The number of amides is 3. The van der Waals surface area contributed by atoms with Crippen LogP contribution in [-0.4, -0.2) is 58.6 Å². The summed E-state index contributed by atoms with van der Waals surface area (Å²) in [6.45, 7) is 11.6. The largest absolute Gasteiger partial charge is 0.497 e. The third-order valence-corrected chi connectivity index (χ3v) is 6.47. The number of carbonyl (C=O) groups is 3. The minimum Gasteiger partial charge on any atom is -0.497 e. The fraction of sp³-hybridized carbons (Fsp3) is 0.516. The zero-order valence-electron chi connectivity index (χ0n) is 24.3. The van der Waals surface area contributed by atoms with Gasteiger partial charge in [0.15, 0.2) is 5.60 Å². The third kappa shape index (κ3) is 7.97. The van der Waals surface area contributed by atoms with Crippen LogP contribution in [0.4, 0.5) is 4.79 Å². The highest BCUT2D eigenvalue weighted by atomic mass is 16.6. The first-order valence-corrected chi connectivity index (χ1v) is 13.6. The van der Waals surface area contributed by atoms with Gasteiger partial charge in [0.1, 0.15) is 23.1 Å². The van der Waals surface area contributed by atoms with Crippen LogP contribution in [-0.2, 0) is 27.3 Å². The van der Waals surface area contributed by atoms with Crippen molar-refractivity contribution < 1.29 is 28.6 Å². The van der Waals surface area contributed by atoms with E-state index in [1.165, 1.54) is 4.90 Å². The summed E-state index contributed by atoms with van der Waals surface area (Å²) in [6, 6.07) is 14.3. The van der Waals surface area contributed by atoms with Gasteiger partial charge in [0.2, 0.25) is 0 Å². The molecule has 0 bridgehead atoms. The van der Waals surface area contributed by atoms with Gasteiger partial charge in [-0.2, -0.15) is 0 Å². The smallest absolute Gasteiger partial charge is 0.350 e. The summed E-state index contributed by atoms with van der Waals surface area (Å²) < 4.78 is 16.7. The number of ether oxygens (including phenoxy) is 3. The maximum Gasteiger partial charge on any atom is 0.350 e. The van der Waals surface area contributed by atoms with E-state index in [0.29, 0.717) is 24.5 Å². The number of aryl methyl sites for hydroxylation is 1. The van der Waals surface area contributed by atoms with Crippen molar-refractivity contribution in [2.45, 2.75) is 91.0 Å². The lowest BCUT2D eigenvalue weighted by molar-refractivity contribution is -0.170. The van der Waals surface area contributed by atoms with Gasteiger partial charge in [-0.25, -0.2) is 9.59 Å². The summed E-state index contributed by atoms with van der Waals surface area (Å²) in [5, 5.41) is 0. The Bertz CT molecular complexity index is 1150. The number of methoxy groups -OCH3 is 1. The van der Waals surface area contributed by atoms with Gasteiger partial charge < -0.3 is 19.1 Å². The number of imide groups is 1. The highest BCUT2D eigenvalue weighted by Crippen LogP contribution is 2.27. The normalized spacial score (nSPS) is 16.0. The zero-order chi connectivity index (χ0) is 28.8. The Morgan fingerprint density at radius 3 is 2.26 bits per heavy atom. The first-order chi connectivity index (χ1) is 18.3. The van der Waals surface area contributed by atoms with Crippen molar-refractivity contribution in [3.05, 3.63) is 59.7 Å². The number of carbonyl (C=O) groups excluding carboxylic acids is 3. The van der Waals surface area contributed by atoms with E-state index in [1.807, 2.05) is 76.2 Å². The SMILES string of the molecule is CCCN1C(=O)N(Cc2cccc(OC)c2)C(=O)C1CCCc1ccc(OC(C)(C)C(=O)OC(C)(C)C)cc1. The van der Waals surface area contributed by atoms with Crippen LogP contribution >= 0.6 is 0 Å². The summed E-state index contributed by atoms with van der Waals surface area (Å²) in [6.07, 6.45) is 2.87. The van der Waals surface area contributed by atoms with Crippen LogP contribution in [0.5, 0.6) is 11.5 Å². The van der Waals surface area contributed by atoms with Gasteiger partial charge in [-0.3, -0.25) is 9.69 Å². The first kappa shape index (κ1) is 30.0. The first-order valence-electron chi connectivity index (χ1n) is 13.6. The summed E-state index contributed by atoms with van der Waals surface area (Å²) in [7, 11) is 1.59. The Morgan fingerprint density at radius 1 is 0.949 bits per heavy atom. The fourth-order valence-electron chi connectivity index (χ4n) is 4.53. The van der Waals surface area contributed by atoms with Crippen LogP contribution < -0.4 is 9.47 Å². The number of hydrogen-bond acceptors (Lipinski definition) is 6. The molecular weight excluding hydrogens is 496 g/mol. The van der Waals surface area contributed by atoms with E-state index in [-0.39, 0.29) is 18.5 Å². The molecule has 0 aromatic heterocycles. The third-order valence-electron chi connectivity index (χ3n) is 6.47. The molecule has 3 rings (SSSR count). The molecule has 1 heterocycles. The molecule has 1 fully saturated rings.